The number of carbonyl (C=O) groups excluding carboxylic acids is 2. The second-order valence-corrected chi connectivity index (χ2v) is 7.63. The highest BCUT2D eigenvalue weighted by molar-refractivity contribution is 8.18. The van der Waals surface area contributed by atoms with E-state index in [9.17, 15) is 19.7 Å². The fraction of sp³-hybridized carbons (Fsp3) is 0.0435. The fourth-order valence-electron chi connectivity index (χ4n) is 3.18. The van der Waals surface area contributed by atoms with Gasteiger partial charge in [0.05, 0.1) is 16.4 Å². The van der Waals surface area contributed by atoms with Crippen LogP contribution in [0.15, 0.2) is 83.8 Å². The van der Waals surface area contributed by atoms with Crippen LogP contribution in [-0.4, -0.2) is 21.0 Å². The van der Waals surface area contributed by atoms with Gasteiger partial charge in [-0.05, 0) is 34.5 Å². The first-order valence-corrected chi connectivity index (χ1v) is 9.98. The molecule has 30 heavy (non-hydrogen) atoms. The monoisotopic (exact) mass is 416 g/mol. The van der Waals surface area contributed by atoms with E-state index in [0.29, 0.717) is 10.5 Å². The van der Waals surface area contributed by atoms with Crippen molar-refractivity contribution in [2.24, 2.45) is 0 Å². The zero-order valence-electron chi connectivity index (χ0n) is 15.7. The lowest BCUT2D eigenvalue weighted by molar-refractivity contribution is -0.385. The summed E-state index contributed by atoms with van der Waals surface area (Å²) in [6, 6.07) is 23.7. The molecule has 2 amide bonds. The first-order valence-electron chi connectivity index (χ1n) is 9.16. The summed E-state index contributed by atoms with van der Waals surface area (Å²) in [5.41, 5.74) is 3.15. The zero-order valence-corrected chi connectivity index (χ0v) is 16.5. The van der Waals surface area contributed by atoms with Gasteiger partial charge < -0.3 is 0 Å². The van der Waals surface area contributed by atoms with Crippen LogP contribution >= 0.6 is 11.8 Å². The molecule has 0 spiro atoms. The van der Waals surface area contributed by atoms with Gasteiger partial charge in [0.2, 0.25) is 0 Å². The molecule has 0 bridgehead atoms. The summed E-state index contributed by atoms with van der Waals surface area (Å²) in [5, 5.41) is 10.8. The minimum atomic E-state index is -0.515. The number of para-hydroxylation sites is 1. The molecule has 0 N–H and O–H groups in total. The van der Waals surface area contributed by atoms with E-state index in [0.717, 1.165) is 33.4 Å². The lowest BCUT2D eigenvalue weighted by Gasteiger charge is -2.12. The predicted octanol–water partition coefficient (Wildman–Crippen LogP) is 5.50. The van der Waals surface area contributed by atoms with Gasteiger partial charge in [-0.25, -0.2) is 0 Å². The van der Waals surface area contributed by atoms with Crippen molar-refractivity contribution in [3.05, 3.63) is 105 Å². The lowest BCUT2D eigenvalue weighted by atomic mass is 10.0. The van der Waals surface area contributed by atoms with Gasteiger partial charge in [0.25, 0.3) is 16.8 Å². The molecule has 0 radical (unpaired) electrons. The quantitative estimate of drug-likeness (QED) is 0.312. The van der Waals surface area contributed by atoms with Crippen molar-refractivity contribution >= 4 is 34.7 Å². The Bertz CT molecular complexity index is 1160. The molecule has 148 valence electrons. The average molecular weight is 416 g/mol. The van der Waals surface area contributed by atoms with Gasteiger partial charge in [0, 0.05) is 11.6 Å². The molecule has 3 aromatic rings. The van der Waals surface area contributed by atoms with E-state index in [1.807, 2.05) is 54.6 Å². The molecule has 1 saturated heterocycles. The van der Waals surface area contributed by atoms with Crippen molar-refractivity contribution in [2.75, 3.05) is 0 Å². The third-order valence-electron chi connectivity index (χ3n) is 4.71. The van der Waals surface area contributed by atoms with Gasteiger partial charge in [-0.2, -0.15) is 0 Å². The molecule has 1 fully saturated rings. The van der Waals surface area contributed by atoms with E-state index in [1.165, 1.54) is 6.07 Å². The van der Waals surface area contributed by atoms with Crippen LogP contribution < -0.4 is 0 Å². The van der Waals surface area contributed by atoms with Crippen molar-refractivity contribution < 1.29 is 14.5 Å². The first-order chi connectivity index (χ1) is 14.5. The number of carbonyl (C=O) groups is 2. The molecule has 6 nitrogen and oxygen atoms in total. The summed E-state index contributed by atoms with van der Waals surface area (Å²) in [6.45, 7) is -0.133. The van der Waals surface area contributed by atoms with Gasteiger partial charge in [0.1, 0.15) is 0 Å². The maximum absolute atomic E-state index is 12.7. The molecule has 0 aliphatic carbocycles. The van der Waals surface area contributed by atoms with E-state index < -0.39 is 16.1 Å². The molecule has 4 rings (SSSR count). The Morgan fingerprint density at radius 3 is 2.20 bits per heavy atom. The second-order valence-electron chi connectivity index (χ2n) is 6.64. The van der Waals surface area contributed by atoms with Crippen molar-refractivity contribution in [3.63, 3.8) is 0 Å². The van der Waals surface area contributed by atoms with Crippen molar-refractivity contribution in [3.8, 4) is 11.1 Å². The van der Waals surface area contributed by atoms with Crippen LogP contribution in [0.3, 0.4) is 0 Å². The van der Waals surface area contributed by atoms with Crippen LogP contribution in [0.1, 0.15) is 11.1 Å². The maximum Gasteiger partial charge on any atom is 0.293 e. The number of nitro benzene ring substituents is 1. The number of benzene rings is 3. The van der Waals surface area contributed by atoms with Crippen LogP contribution in [0.25, 0.3) is 17.2 Å². The topological polar surface area (TPSA) is 80.5 Å². The van der Waals surface area contributed by atoms with E-state index in [4.69, 9.17) is 0 Å². The van der Waals surface area contributed by atoms with Crippen LogP contribution in [0.4, 0.5) is 10.5 Å². The Kier molecular flexibility index (Phi) is 5.45. The van der Waals surface area contributed by atoms with Crippen molar-refractivity contribution in [1.82, 2.24) is 4.90 Å². The summed E-state index contributed by atoms with van der Waals surface area (Å²) in [7, 11) is 0. The number of nitro groups is 1. The number of hydrogen-bond acceptors (Lipinski definition) is 5. The Balaban J connectivity index is 1.54. The molecule has 0 atom stereocenters. The molecule has 1 aliphatic rings. The highest BCUT2D eigenvalue weighted by atomic mass is 32.2. The second kappa shape index (κ2) is 8.34. The van der Waals surface area contributed by atoms with Crippen LogP contribution in [-0.2, 0) is 11.3 Å². The molecular formula is C23H16N2O4S. The molecular weight excluding hydrogens is 400 g/mol. The molecule has 3 aromatic carbocycles. The van der Waals surface area contributed by atoms with Crippen LogP contribution in [0, 0.1) is 10.1 Å². The minimum absolute atomic E-state index is 0.114. The summed E-state index contributed by atoms with van der Waals surface area (Å²) >= 11 is 0.839. The smallest absolute Gasteiger partial charge is 0.268 e. The maximum atomic E-state index is 12.7. The number of rotatable bonds is 5. The van der Waals surface area contributed by atoms with Crippen molar-refractivity contribution in [2.45, 2.75) is 6.54 Å². The van der Waals surface area contributed by atoms with E-state index in [2.05, 4.69) is 0 Å². The first kappa shape index (κ1) is 19.6. The molecule has 0 saturated carbocycles. The van der Waals surface area contributed by atoms with E-state index in [1.54, 1.807) is 24.3 Å². The highest BCUT2D eigenvalue weighted by Crippen LogP contribution is 2.34. The zero-order chi connectivity index (χ0) is 21.1. The molecule has 1 heterocycles. The average Bonchev–Trinajstić information content (AvgIpc) is 3.02. The highest BCUT2D eigenvalue weighted by Gasteiger charge is 2.36. The van der Waals surface area contributed by atoms with E-state index in [-0.39, 0.29) is 12.2 Å². The molecule has 0 aromatic heterocycles. The standard InChI is InChI=1S/C23H16N2O4S/c26-22-21(14-16-10-12-18(13-11-16)17-6-2-1-3-7-17)30-23(27)24(22)15-19-8-4-5-9-20(19)25(28)29/h1-14H,15H2/b21-14-. The van der Waals surface area contributed by atoms with Gasteiger partial charge >= 0.3 is 0 Å². The predicted molar refractivity (Wildman–Crippen MR) is 116 cm³/mol. The number of nitrogens with zero attached hydrogens (tertiary/aromatic N) is 2. The molecule has 7 heteroatoms. The number of amides is 2. The van der Waals surface area contributed by atoms with Gasteiger partial charge in [-0.15, -0.1) is 0 Å². The van der Waals surface area contributed by atoms with Crippen molar-refractivity contribution in [1.29, 1.82) is 0 Å². The van der Waals surface area contributed by atoms with Crippen LogP contribution in [0.5, 0.6) is 0 Å². The Hall–Kier alpha value is -3.71. The normalized spacial score (nSPS) is 15.1. The largest absolute Gasteiger partial charge is 0.293 e. The Morgan fingerprint density at radius 1 is 0.867 bits per heavy atom. The Labute approximate surface area is 177 Å². The number of imide groups is 1. The van der Waals surface area contributed by atoms with Gasteiger partial charge in [0.15, 0.2) is 0 Å². The van der Waals surface area contributed by atoms with E-state index >= 15 is 0 Å². The molecule has 1 aliphatic heterocycles. The third-order valence-corrected chi connectivity index (χ3v) is 5.61. The summed E-state index contributed by atoms with van der Waals surface area (Å²) in [4.78, 5) is 37.1. The SMILES string of the molecule is O=C1S/C(=C\c2ccc(-c3ccccc3)cc2)C(=O)N1Cc1ccccc1[N+](=O)[O-]. The summed E-state index contributed by atoms with van der Waals surface area (Å²) in [5.74, 6) is -0.449. The summed E-state index contributed by atoms with van der Waals surface area (Å²) in [6.07, 6.45) is 1.67. The summed E-state index contributed by atoms with van der Waals surface area (Å²) < 4.78 is 0. The Morgan fingerprint density at radius 2 is 1.50 bits per heavy atom. The van der Waals surface area contributed by atoms with Gasteiger partial charge in [-0.1, -0.05) is 72.8 Å². The van der Waals surface area contributed by atoms with Gasteiger partial charge in [-0.3, -0.25) is 24.6 Å². The fourth-order valence-corrected chi connectivity index (χ4v) is 4.02. The third kappa shape index (κ3) is 4.01. The lowest BCUT2D eigenvalue weighted by Crippen LogP contribution is -2.27. The molecule has 0 unspecified atom stereocenters. The van der Waals surface area contributed by atoms with Crippen LogP contribution in [0.2, 0.25) is 0 Å². The number of thioether (sulfide) groups is 1. The number of hydrogen-bond donors (Lipinski definition) is 0. The minimum Gasteiger partial charge on any atom is -0.268 e.